The van der Waals surface area contributed by atoms with E-state index in [2.05, 4.69) is 0 Å². The van der Waals surface area contributed by atoms with E-state index in [0.29, 0.717) is 0 Å². The summed E-state index contributed by atoms with van der Waals surface area (Å²) in [6.07, 6.45) is 0. The number of hydrogen-bond donors (Lipinski definition) is 0. The molecule has 0 aliphatic rings. The van der Waals surface area contributed by atoms with Crippen molar-refractivity contribution in [3.8, 4) is 0 Å². The average Bonchev–Trinajstić information content (AvgIpc) is 2.56. The zero-order valence-corrected chi connectivity index (χ0v) is 16.0. The maximum Gasteiger partial charge on any atom is 0.210 e. The van der Waals surface area contributed by atoms with Crippen LogP contribution in [0.5, 0.6) is 0 Å². The van der Waals surface area contributed by atoms with Gasteiger partial charge in [-0.05, 0) is 72.8 Å². The minimum absolute atomic E-state index is 0. The molecule has 0 fully saturated rings. The molecular formula is C18H12AuClF3P+. The van der Waals surface area contributed by atoms with Gasteiger partial charge in [0.2, 0.25) is 6.62 Å². The van der Waals surface area contributed by atoms with Crippen molar-refractivity contribution in [2.45, 2.75) is 0 Å². The molecule has 3 rings (SSSR count). The summed E-state index contributed by atoms with van der Waals surface area (Å²) in [7, 11) is 0. The van der Waals surface area contributed by atoms with Crippen LogP contribution in [0.25, 0.3) is 0 Å². The first kappa shape index (κ1) is 19.2. The summed E-state index contributed by atoms with van der Waals surface area (Å²) in [5.41, 5.74) is 0. The van der Waals surface area contributed by atoms with Gasteiger partial charge in [-0.2, -0.15) is 0 Å². The molecule has 0 nitrogen and oxygen atoms in total. The van der Waals surface area contributed by atoms with Crippen LogP contribution in [0.4, 0.5) is 13.2 Å². The van der Waals surface area contributed by atoms with E-state index in [4.69, 9.17) is 11.2 Å². The van der Waals surface area contributed by atoms with Crippen molar-refractivity contribution in [2.24, 2.45) is 0 Å². The third-order valence-corrected chi connectivity index (χ3v) is 8.33. The summed E-state index contributed by atoms with van der Waals surface area (Å²) < 4.78 is 39.8. The largest absolute Gasteiger partial charge is 0.210 e. The van der Waals surface area contributed by atoms with Gasteiger partial charge in [-0.1, -0.05) is 0 Å². The van der Waals surface area contributed by atoms with Crippen LogP contribution in [0.2, 0.25) is 0 Å². The first-order valence-corrected chi connectivity index (χ1v) is 9.56. The van der Waals surface area contributed by atoms with Crippen LogP contribution in [0, 0.1) is 17.5 Å². The topological polar surface area (TPSA) is 0 Å². The molecule has 6 heteroatoms. The van der Waals surface area contributed by atoms with Crippen LogP contribution < -0.4 is 15.9 Å². The molecule has 1 radical (unpaired) electrons. The Hall–Kier alpha value is -1.09. The van der Waals surface area contributed by atoms with E-state index in [-0.39, 0.29) is 39.8 Å². The predicted molar refractivity (Wildman–Crippen MR) is 90.9 cm³/mol. The smallest absolute Gasteiger partial charge is 0.207 e. The van der Waals surface area contributed by atoms with Gasteiger partial charge in [0.15, 0.2) is 0 Å². The number of benzene rings is 3. The summed E-state index contributed by atoms with van der Waals surface area (Å²) in [5.74, 6) is -1.10. The fourth-order valence-electron chi connectivity index (χ4n) is 2.39. The van der Waals surface area contributed by atoms with E-state index in [1.165, 1.54) is 36.4 Å². The summed E-state index contributed by atoms with van der Waals surface area (Å²) in [5, 5.41) is 2.16. The summed E-state index contributed by atoms with van der Waals surface area (Å²) in [6.45, 7) is -2.61. The summed E-state index contributed by atoms with van der Waals surface area (Å²) in [6, 6.07) is 17.7. The number of rotatable bonds is 3. The molecule has 0 atom stereocenters. The van der Waals surface area contributed by atoms with Crippen molar-refractivity contribution in [2.75, 3.05) is 0 Å². The average molecular weight is 549 g/mol. The Labute approximate surface area is 159 Å². The molecule has 0 saturated heterocycles. The molecule has 24 heavy (non-hydrogen) atoms. The van der Waals surface area contributed by atoms with Crippen LogP contribution >= 0.6 is 17.9 Å². The second-order valence-electron chi connectivity index (χ2n) is 5.02. The minimum atomic E-state index is -2.61. The van der Waals surface area contributed by atoms with Crippen molar-refractivity contribution in [3.05, 3.63) is 90.2 Å². The fraction of sp³-hybridized carbons (Fsp3) is 0. The number of halogens is 4. The van der Waals surface area contributed by atoms with E-state index in [9.17, 15) is 13.2 Å². The van der Waals surface area contributed by atoms with Gasteiger partial charge >= 0.3 is 0 Å². The van der Waals surface area contributed by atoms with Crippen LogP contribution in [0.3, 0.4) is 0 Å². The van der Waals surface area contributed by atoms with Crippen molar-refractivity contribution < 1.29 is 35.6 Å². The second-order valence-corrected chi connectivity index (χ2v) is 9.27. The van der Waals surface area contributed by atoms with E-state index in [1.54, 1.807) is 36.4 Å². The van der Waals surface area contributed by atoms with E-state index in [1.807, 2.05) is 0 Å². The van der Waals surface area contributed by atoms with E-state index in [0.717, 1.165) is 15.9 Å². The third-order valence-electron chi connectivity index (χ3n) is 3.55. The monoisotopic (exact) mass is 548 g/mol. The van der Waals surface area contributed by atoms with Gasteiger partial charge in [-0.3, -0.25) is 0 Å². The molecule has 3 aromatic carbocycles. The maximum absolute atomic E-state index is 13.3. The second kappa shape index (κ2) is 7.86. The van der Waals surface area contributed by atoms with Gasteiger partial charge < -0.3 is 0 Å². The van der Waals surface area contributed by atoms with Gasteiger partial charge in [0.05, 0.1) is 0 Å². The van der Waals surface area contributed by atoms with Crippen molar-refractivity contribution in [3.63, 3.8) is 0 Å². The summed E-state index contributed by atoms with van der Waals surface area (Å²) in [4.78, 5) is 0. The van der Waals surface area contributed by atoms with Crippen molar-refractivity contribution in [1.29, 1.82) is 0 Å². The van der Waals surface area contributed by atoms with E-state index < -0.39 is 6.62 Å². The predicted octanol–water partition coefficient (Wildman–Crippen LogP) is 4.55. The van der Waals surface area contributed by atoms with Gasteiger partial charge in [0, 0.05) is 22.4 Å². The zero-order chi connectivity index (χ0) is 16.4. The molecule has 0 bridgehead atoms. The molecule has 0 spiro atoms. The SMILES string of the molecule is Fc1ccc([P+](Cl)(c2ccc(F)cc2)c2ccc(F)cc2)cc1.[Au]. The Morgan fingerprint density at radius 1 is 0.500 bits per heavy atom. The fourth-order valence-corrected chi connectivity index (χ4v) is 5.98. The molecule has 3 aromatic rings. The first-order valence-electron chi connectivity index (χ1n) is 6.87. The van der Waals surface area contributed by atoms with Crippen LogP contribution in [0.1, 0.15) is 0 Å². The Kier molecular flexibility index (Phi) is 6.30. The first-order chi connectivity index (χ1) is 11.0. The molecule has 0 aliphatic carbocycles. The molecule has 0 aromatic heterocycles. The Balaban J connectivity index is 0.00000208. The van der Waals surface area contributed by atoms with Crippen molar-refractivity contribution in [1.82, 2.24) is 0 Å². The Morgan fingerprint density at radius 3 is 0.917 bits per heavy atom. The molecular weight excluding hydrogens is 537 g/mol. The third kappa shape index (κ3) is 3.77. The van der Waals surface area contributed by atoms with Crippen molar-refractivity contribution >= 4 is 33.8 Å². The quantitative estimate of drug-likeness (QED) is 0.333. The summed E-state index contributed by atoms with van der Waals surface area (Å²) >= 11 is 7.02. The molecule has 0 unspecified atom stereocenters. The standard InChI is InChI=1S/C18H12ClF3P.Au/c19-23(16-7-1-13(20)2-8-16,17-9-3-14(21)4-10-17)18-11-5-15(22)6-12-18;/h1-12H;/q+1;. The molecule has 0 heterocycles. The van der Waals surface area contributed by atoms with Gasteiger partial charge in [-0.15, -0.1) is 0 Å². The molecule has 0 N–H and O–H groups in total. The van der Waals surface area contributed by atoms with Crippen LogP contribution in [-0.2, 0) is 22.4 Å². The maximum atomic E-state index is 13.3. The zero-order valence-electron chi connectivity index (χ0n) is 12.2. The normalized spacial score (nSPS) is 11.0. The van der Waals surface area contributed by atoms with Gasteiger partial charge in [0.25, 0.3) is 0 Å². The van der Waals surface area contributed by atoms with Gasteiger partial charge in [-0.25, -0.2) is 13.2 Å². The van der Waals surface area contributed by atoms with Crippen LogP contribution in [-0.4, -0.2) is 0 Å². The molecule has 0 aliphatic heterocycles. The minimum Gasteiger partial charge on any atom is -0.207 e. The van der Waals surface area contributed by atoms with Crippen LogP contribution in [0.15, 0.2) is 72.8 Å². The molecule has 0 amide bonds. The molecule has 0 saturated carbocycles. The number of hydrogen-bond acceptors (Lipinski definition) is 0. The van der Waals surface area contributed by atoms with E-state index >= 15 is 0 Å². The Bertz CT molecular complexity index is 694. The molecule has 127 valence electrons. The van der Waals surface area contributed by atoms with Gasteiger partial charge in [0.1, 0.15) is 44.6 Å². The Morgan fingerprint density at radius 2 is 0.708 bits per heavy atom.